The Morgan fingerprint density at radius 1 is 1.02 bits per heavy atom. The molecule has 0 aromatic heterocycles. The standard InChI is InChI=1S/C19H16ClF3N2O2.C8H14N2O3.C4H6/c20-16-7-2-1-6-15(16)17(18(27)24-13-9-19(22,23)10-13)25(11-26)14-5-3-4-12(21)8-14;1-7(11)9-3-5-10(6-4-9)8(12)13-2;1-2-4-3-1/h1-8,11,13,17H,9-10H2,(H,24,27);3-6H2,1-2H3;1-2H,3-4H2. The van der Waals surface area contributed by atoms with Gasteiger partial charge >= 0.3 is 6.09 Å². The number of halogens is 4. The Hall–Kier alpha value is -4.06. The number of allylic oxidation sites excluding steroid dienone is 2. The van der Waals surface area contributed by atoms with E-state index in [1.807, 2.05) is 0 Å². The van der Waals surface area contributed by atoms with Crippen molar-refractivity contribution in [2.75, 3.05) is 38.2 Å². The van der Waals surface area contributed by atoms with Crippen molar-refractivity contribution in [1.82, 2.24) is 15.1 Å². The predicted octanol–water partition coefficient (Wildman–Crippen LogP) is 5.35. The topological polar surface area (TPSA) is 99.3 Å². The number of nitrogens with one attached hydrogen (secondary N) is 1. The molecule has 2 aromatic carbocycles. The molecule has 1 unspecified atom stereocenters. The van der Waals surface area contributed by atoms with Crippen molar-refractivity contribution < 1.29 is 37.1 Å². The van der Waals surface area contributed by atoms with E-state index in [2.05, 4.69) is 22.2 Å². The van der Waals surface area contributed by atoms with Gasteiger partial charge in [-0.1, -0.05) is 48.0 Å². The maximum atomic E-state index is 13.6. The summed E-state index contributed by atoms with van der Waals surface area (Å²) in [6.45, 7) is 3.86. The molecule has 4 amide bonds. The molecular formula is C31H36ClF3N4O5. The molecule has 2 fully saturated rings. The number of anilines is 1. The van der Waals surface area contributed by atoms with Gasteiger partial charge in [-0.3, -0.25) is 19.3 Å². The number of carbonyl (C=O) groups is 4. The highest BCUT2D eigenvalue weighted by molar-refractivity contribution is 6.31. The summed E-state index contributed by atoms with van der Waals surface area (Å²) in [4.78, 5) is 51.0. The van der Waals surface area contributed by atoms with Crippen molar-refractivity contribution in [3.8, 4) is 0 Å². The first-order valence-electron chi connectivity index (χ1n) is 14.1. The Morgan fingerprint density at radius 2 is 1.61 bits per heavy atom. The van der Waals surface area contributed by atoms with Crippen molar-refractivity contribution in [3.63, 3.8) is 0 Å². The van der Waals surface area contributed by atoms with Gasteiger partial charge in [0.2, 0.25) is 18.2 Å². The number of ether oxygens (including phenoxy) is 1. The van der Waals surface area contributed by atoms with Gasteiger partial charge in [0.15, 0.2) is 0 Å². The molecule has 44 heavy (non-hydrogen) atoms. The first kappa shape index (κ1) is 34.4. The molecule has 1 saturated carbocycles. The van der Waals surface area contributed by atoms with Gasteiger partial charge in [-0.15, -0.1) is 0 Å². The van der Waals surface area contributed by atoms with E-state index >= 15 is 0 Å². The second-order valence-electron chi connectivity index (χ2n) is 10.4. The molecule has 2 aromatic rings. The lowest BCUT2D eigenvalue weighted by molar-refractivity contribution is -0.132. The van der Waals surface area contributed by atoms with E-state index in [1.165, 1.54) is 45.1 Å². The largest absolute Gasteiger partial charge is 0.453 e. The van der Waals surface area contributed by atoms with Crippen LogP contribution in [0.5, 0.6) is 0 Å². The maximum absolute atomic E-state index is 13.6. The Morgan fingerprint density at radius 3 is 2.09 bits per heavy atom. The van der Waals surface area contributed by atoms with Crippen LogP contribution in [0.2, 0.25) is 5.02 Å². The van der Waals surface area contributed by atoms with Crippen LogP contribution in [0, 0.1) is 5.82 Å². The zero-order chi connectivity index (χ0) is 32.3. The summed E-state index contributed by atoms with van der Waals surface area (Å²) < 4.78 is 44.3. The zero-order valence-electron chi connectivity index (χ0n) is 24.6. The predicted molar refractivity (Wildman–Crippen MR) is 160 cm³/mol. The molecule has 13 heteroatoms. The van der Waals surface area contributed by atoms with E-state index in [0.29, 0.717) is 38.2 Å². The third-order valence-electron chi connectivity index (χ3n) is 7.21. The summed E-state index contributed by atoms with van der Waals surface area (Å²) in [5, 5.41) is 2.75. The van der Waals surface area contributed by atoms with Gasteiger partial charge in [-0.25, -0.2) is 18.0 Å². The summed E-state index contributed by atoms with van der Waals surface area (Å²) in [5.41, 5.74) is 0.447. The summed E-state index contributed by atoms with van der Waals surface area (Å²) in [5.74, 6) is -3.99. The Balaban J connectivity index is 0.000000256. The minimum Gasteiger partial charge on any atom is -0.453 e. The Labute approximate surface area is 259 Å². The molecule has 1 aliphatic heterocycles. The second kappa shape index (κ2) is 16.1. The highest BCUT2D eigenvalue weighted by atomic mass is 35.5. The van der Waals surface area contributed by atoms with Gasteiger partial charge in [0.05, 0.1) is 7.11 Å². The number of piperazine rings is 1. The highest BCUT2D eigenvalue weighted by Crippen LogP contribution is 2.38. The molecule has 0 spiro atoms. The summed E-state index contributed by atoms with van der Waals surface area (Å²) >= 11 is 6.20. The molecule has 9 nitrogen and oxygen atoms in total. The molecule has 1 saturated heterocycles. The lowest BCUT2D eigenvalue weighted by atomic mass is 9.87. The van der Waals surface area contributed by atoms with Gasteiger partial charge in [-0.2, -0.15) is 0 Å². The van der Waals surface area contributed by atoms with E-state index < -0.39 is 42.6 Å². The summed E-state index contributed by atoms with van der Waals surface area (Å²) in [7, 11) is 1.36. The van der Waals surface area contributed by atoms with Crippen LogP contribution < -0.4 is 10.2 Å². The number of alkyl halides is 2. The lowest BCUT2D eigenvalue weighted by Gasteiger charge is -2.37. The number of rotatable bonds is 6. The van der Waals surface area contributed by atoms with Crippen LogP contribution in [0.1, 0.15) is 44.2 Å². The number of hydrogen-bond donors (Lipinski definition) is 1. The van der Waals surface area contributed by atoms with Gasteiger partial charge in [0.25, 0.3) is 5.92 Å². The first-order chi connectivity index (χ1) is 21.0. The number of benzene rings is 2. The van der Waals surface area contributed by atoms with Crippen molar-refractivity contribution in [1.29, 1.82) is 0 Å². The molecule has 238 valence electrons. The van der Waals surface area contributed by atoms with E-state index in [9.17, 15) is 32.3 Å². The number of carbonyl (C=O) groups excluding carboxylic acids is 4. The zero-order valence-corrected chi connectivity index (χ0v) is 25.3. The number of nitrogens with zero attached hydrogens (tertiary/aromatic N) is 3. The fourth-order valence-electron chi connectivity index (χ4n) is 4.56. The Kier molecular flexibility index (Phi) is 12.6. The molecule has 3 aliphatic rings. The van der Waals surface area contributed by atoms with Crippen molar-refractivity contribution in [2.45, 2.75) is 50.6 Å². The van der Waals surface area contributed by atoms with Gasteiger partial charge in [-0.05, 0) is 37.1 Å². The van der Waals surface area contributed by atoms with E-state index in [-0.39, 0.29) is 22.7 Å². The minimum absolute atomic E-state index is 0.0597. The number of methoxy groups -OCH3 is 1. The van der Waals surface area contributed by atoms with Crippen LogP contribution in [0.4, 0.5) is 23.7 Å². The van der Waals surface area contributed by atoms with Crippen LogP contribution in [-0.2, 0) is 19.1 Å². The molecule has 1 heterocycles. The molecule has 0 bridgehead atoms. The van der Waals surface area contributed by atoms with Crippen LogP contribution >= 0.6 is 11.6 Å². The van der Waals surface area contributed by atoms with E-state index in [1.54, 1.807) is 34.1 Å². The summed E-state index contributed by atoms with van der Waals surface area (Å²) in [6.07, 6.45) is 6.14. The minimum atomic E-state index is -2.80. The fraction of sp³-hybridized carbons (Fsp3) is 0.419. The number of hydrogen-bond acceptors (Lipinski definition) is 5. The quantitative estimate of drug-likeness (QED) is 0.341. The molecule has 1 atom stereocenters. The second-order valence-corrected chi connectivity index (χ2v) is 10.8. The Bertz CT molecular complexity index is 1320. The van der Waals surface area contributed by atoms with Crippen LogP contribution in [0.3, 0.4) is 0 Å². The van der Waals surface area contributed by atoms with Crippen LogP contribution in [0.25, 0.3) is 0 Å². The van der Waals surface area contributed by atoms with Gasteiger partial charge < -0.3 is 19.9 Å². The van der Waals surface area contributed by atoms with Gasteiger partial charge in [0.1, 0.15) is 11.9 Å². The maximum Gasteiger partial charge on any atom is 0.409 e. The smallest absolute Gasteiger partial charge is 0.409 e. The highest BCUT2D eigenvalue weighted by Gasteiger charge is 2.47. The molecule has 0 radical (unpaired) electrons. The van der Waals surface area contributed by atoms with Crippen LogP contribution in [0.15, 0.2) is 60.7 Å². The lowest BCUT2D eigenvalue weighted by Crippen LogP contribution is -2.53. The molecule has 2 aliphatic carbocycles. The van der Waals surface area contributed by atoms with Crippen molar-refractivity contribution >= 4 is 41.6 Å². The normalized spacial score (nSPS) is 17.2. The first-order valence-corrected chi connectivity index (χ1v) is 14.5. The SMILES string of the molecule is C1=CCC1.COC(=O)N1CCN(C(C)=O)CC1.O=CN(c1cccc(F)c1)C(C(=O)NC1CC(F)(F)C1)c1ccccc1Cl. The van der Waals surface area contributed by atoms with Crippen molar-refractivity contribution in [2.24, 2.45) is 0 Å². The van der Waals surface area contributed by atoms with Crippen LogP contribution in [-0.4, -0.2) is 79.4 Å². The number of amides is 4. The average Bonchev–Trinajstić information content (AvgIpc) is 2.94. The molecular weight excluding hydrogens is 601 g/mol. The van der Waals surface area contributed by atoms with Gasteiger partial charge in [0, 0.05) is 68.3 Å². The fourth-order valence-corrected chi connectivity index (χ4v) is 4.80. The van der Waals surface area contributed by atoms with Crippen molar-refractivity contribution in [3.05, 3.63) is 77.1 Å². The monoisotopic (exact) mass is 636 g/mol. The molecule has 5 rings (SSSR count). The average molecular weight is 637 g/mol. The third kappa shape index (κ3) is 9.73. The third-order valence-corrected chi connectivity index (χ3v) is 7.55. The molecule has 1 N–H and O–H groups in total. The van der Waals surface area contributed by atoms with E-state index in [0.717, 1.165) is 11.0 Å². The van der Waals surface area contributed by atoms with E-state index in [4.69, 9.17) is 11.6 Å². The summed E-state index contributed by atoms with van der Waals surface area (Å²) in [6, 6.07) is 9.62.